The molecular weight excluding hydrogens is 444 g/mol. The molecule has 3 N–H and O–H groups in total. The molecule has 7 heteroatoms. The number of amides is 2. The van der Waals surface area contributed by atoms with Crippen molar-refractivity contribution in [3.05, 3.63) is 95.1 Å². The third-order valence-corrected chi connectivity index (χ3v) is 6.25. The maximum Gasteiger partial charge on any atom is 0.407 e. The van der Waals surface area contributed by atoms with E-state index in [1.54, 1.807) is 12.1 Å². The van der Waals surface area contributed by atoms with Gasteiger partial charge in [0.2, 0.25) is 5.91 Å². The standard InChI is InChI=1S/C28H28N2O5/c1-2-20(15-26(31)29-16-18-8-7-9-19(14-18)27(32)33)30-28(34)35-17-25-23-12-5-3-10-21(23)22-11-4-6-13-24(22)25/h3-14,20,25H,2,15-17H2,1H3,(H,29,31)(H,30,34)(H,32,33). The van der Waals surface area contributed by atoms with Crippen LogP contribution in [0.3, 0.4) is 0 Å². The second-order valence-corrected chi connectivity index (χ2v) is 8.56. The summed E-state index contributed by atoms with van der Waals surface area (Å²) in [6.07, 6.45) is 0.103. The Bertz CT molecular complexity index is 1190. The Hall–Kier alpha value is -4.13. The van der Waals surface area contributed by atoms with Gasteiger partial charge in [0.1, 0.15) is 6.61 Å². The molecule has 0 fully saturated rings. The van der Waals surface area contributed by atoms with E-state index in [1.165, 1.54) is 12.1 Å². The number of carboxylic acids is 1. The number of carbonyl (C=O) groups excluding carboxylic acids is 2. The molecule has 3 aromatic rings. The van der Waals surface area contributed by atoms with E-state index in [-0.39, 0.29) is 43.0 Å². The number of aromatic carboxylic acids is 1. The van der Waals surface area contributed by atoms with Crippen LogP contribution in [0.2, 0.25) is 0 Å². The van der Waals surface area contributed by atoms with Gasteiger partial charge in [-0.15, -0.1) is 0 Å². The van der Waals surface area contributed by atoms with Gasteiger partial charge in [-0.2, -0.15) is 0 Å². The number of nitrogens with one attached hydrogen (secondary N) is 2. The van der Waals surface area contributed by atoms with Crippen LogP contribution in [0.5, 0.6) is 0 Å². The Kier molecular flexibility index (Phi) is 7.45. The second-order valence-electron chi connectivity index (χ2n) is 8.56. The Balaban J connectivity index is 1.29. The van der Waals surface area contributed by atoms with Crippen molar-refractivity contribution in [3.63, 3.8) is 0 Å². The Morgan fingerprint density at radius 1 is 0.943 bits per heavy atom. The highest BCUT2D eigenvalue weighted by atomic mass is 16.5. The van der Waals surface area contributed by atoms with E-state index in [1.807, 2.05) is 31.2 Å². The Morgan fingerprint density at radius 3 is 2.23 bits per heavy atom. The van der Waals surface area contributed by atoms with Crippen molar-refractivity contribution in [1.29, 1.82) is 0 Å². The number of fused-ring (bicyclic) bond motifs is 3. The molecule has 0 aromatic heterocycles. The van der Waals surface area contributed by atoms with Crippen LogP contribution in [0.25, 0.3) is 11.1 Å². The lowest BCUT2D eigenvalue weighted by Crippen LogP contribution is -2.39. The van der Waals surface area contributed by atoms with Gasteiger partial charge in [0.05, 0.1) is 5.56 Å². The first-order valence-electron chi connectivity index (χ1n) is 11.7. The molecule has 35 heavy (non-hydrogen) atoms. The predicted molar refractivity (Wildman–Crippen MR) is 132 cm³/mol. The summed E-state index contributed by atoms with van der Waals surface area (Å²) in [7, 11) is 0. The van der Waals surface area contributed by atoms with Crippen molar-refractivity contribution < 1.29 is 24.2 Å². The molecule has 1 aliphatic rings. The van der Waals surface area contributed by atoms with E-state index in [0.29, 0.717) is 12.0 Å². The topological polar surface area (TPSA) is 105 Å². The number of hydrogen-bond acceptors (Lipinski definition) is 4. The molecule has 4 rings (SSSR count). The molecule has 180 valence electrons. The first kappa shape index (κ1) is 24.0. The van der Waals surface area contributed by atoms with Gasteiger partial charge in [0.25, 0.3) is 0 Å². The fourth-order valence-corrected chi connectivity index (χ4v) is 4.42. The highest BCUT2D eigenvalue weighted by Gasteiger charge is 2.29. The van der Waals surface area contributed by atoms with Crippen molar-refractivity contribution >= 4 is 18.0 Å². The summed E-state index contributed by atoms with van der Waals surface area (Å²) in [6, 6.07) is 22.3. The molecule has 0 bridgehead atoms. The summed E-state index contributed by atoms with van der Waals surface area (Å²) in [5, 5.41) is 14.7. The third-order valence-electron chi connectivity index (χ3n) is 6.25. The van der Waals surface area contributed by atoms with Crippen LogP contribution in [0, 0.1) is 0 Å². The van der Waals surface area contributed by atoms with Gasteiger partial charge in [-0.1, -0.05) is 67.6 Å². The van der Waals surface area contributed by atoms with Crippen LogP contribution in [0.15, 0.2) is 72.8 Å². The van der Waals surface area contributed by atoms with Crippen LogP contribution in [0.4, 0.5) is 4.79 Å². The first-order chi connectivity index (χ1) is 17.0. The lowest BCUT2D eigenvalue weighted by molar-refractivity contribution is -0.121. The molecular formula is C28H28N2O5. The monoisotopic (exact) mass is 472 g/mol. The minimum atomic E-state index is -1.02. The quantitative estimate of drug-likeness (QED) is 0.418. The molecule has 0 aliphatic heterocycles. The summed E-state index contributed by atoms with van der Waals surface area (Å²) in [5.41, 5.74) is 5.46. The molecule has 1 unspecified atom stereocenters. The minimum absolute atomic E-state index is 0.0295. The molecule has 7 nitrogen and oxygen atoms in total. The van der Waals surface area contributed by atoms with Gasteiger partial charge in [-0.25, -0.2) is 9.59 Å². The van der Waals surface area contributed by atoms with Gasteiger partial charge in [-0.05, 0) is 46.4 Å². The highest BCUT2D eigenvalue weighted by Crippen LogP contribution is 2.44. The highest BCUT2D eigenvalue weighted by molar-refractivity contribution is 5.87. The number of alkyl carbamates (subject to hydrolysis) is 1. The van der Waals surface area contributed by atoms with Crippen molar-refractivity contribution in [3.8, 4) is 11.1 Å². The maximum absolute atomic E-state index is 12.5. The molecule has 0 spiro atoms. The van der Waals surface area contributed by atoms with Crippen LogP contribution in [-0.2, 0) is 16.1 Å². The molecule has 3 aromatic carbocycles. The second kappa shape index (κ2) is 10.9. The summed E-state index contributed by atoms with van der Waals surface area (Å²) < 4.78 is 5.58. The largest absolute Gasteiger partial charge is 0.478 e. The average molecular weight is 473 g/mol. The van der Waals surface area contributed by atoms with E-state index in [2.05, 4.69) is 34.9 Å². The zero-order valence-corrected chi connectivity index (χ0v) is 19.5. The normalized spacial score (nSPS) is 12.8. The van der Waals surface area contributed by atoms with Crippen molar-refractivity contribution in [2.24, 2.45) is 0 Å². The Morgan fingerprint density at radius 2 is 1.60 bits per heavy atom. The van der Waals surface area contributed by atoms with Gasteiger partial charge < -0.3 is 20.5 Å². The van der Waals surface area contributed by atoms with Crippen molar-refractivity contribution in [2.75, 3.05) is 6.61 Å². The predicted octanol–water partition coefficient (Wildman–Crippen LogP) is 4.71. The van der Waals surface area contributed by atoms with Crippen LogP contribution in [0.1, 0.15) is 52.7 Å². The summed E-state index contributed by atoms with van der Waals surface area (Å²) in [5.74, 6) is -1.29. The Labute approximate surface area is 204 Å². The van der Waals surface area contributed by atoms with Crippen molar-refractivity contribution in [1.82, 2.24) is 10.6 Å². The molecule has 1 aliphatic carbocycles. The van der Waals surface area contributed by atoms with E-state index < -0.39 is 12.1 Å². The third kappa shape index (κ3) is 5.69. The number of hydrogen-bond donors (Lipinski definition) is 3. The summed E-state index contributed by atoms with van der Waals surface area (Å²) in [4.78, 5) is 36.0. The van der Waals surface area contributed by atoms with E-state index >= 15 is 0 Å². The number of rotatable bonds is 9. The lowest BCUT2D eigenvalue weighted by Gasteiger charge is -2.19. The van der Waals surface area contributed by atoms with Gasteiger partial charge >= 0.3 is 12.1 Å². The molecule has 0 radical (unpaired) electrons. The summed E-state index contributed by atoms with van der Waals surface area (Å²) in [6.45, 7) is 2.31. The van der Waals surface area contributed by atoms with Gasteiger partial charge in [0.15, 0.2) is 0 Å². The first-order valence-corrected chi connectivity index (χ1v) is 11.7. The summed E-state index contributed by atoms with van der Waals surface area (Å²) >= 11 is 0. The smallest absolute Gasteiger partial charge is 0.407 e. The zero-order valence-electron chi connectivity index (χ0n) is 19.5. The zero-order chi connectivity index (χ0) is 24.8. The van der Waals surface area contributed by atoms with Gasteiger partial charge in [0, 0.05) is 24.9 Å². The van der Waals surface area contributed by atoms with Crippen LogP contribution < -0.4 is 10.6 Å². The minimum Gasteiger partial charge on any atom is -0.478 e. The lowest BCUT2D eigenvalue weighted by atomic mass is 9.98. The number of carboxylic acid groups (broad SMARTS) is 1. The fraction of sp³-hybridized carbons (Fsp3) is 0.250. The number of benzene rings is 3. The maximum atomic E-state index is 12.5. The number of carbonyl (C=O) groups is 3. The van der Waals surface area contributed by atoms with Crippen LogP contribution >= 0.6 is 0 Å². The molecule has 1 atom stereocenters. The fourth-order valence-electron chi connectivity index (χ4n) is 4.42. The molecule has 0 saturated carbocycles. The van der Waals surface area contributed by atoms with E-state index in [4.69, 9.17) is 9.84 Å². The average Bonchev–Trinajstić information content (AvgIpc) is 3.19. The molecule has 0 saturated heterocycles. The molecule has 2 amide bonds. The van der Waals surface area contributed by atoms with Crippen molar-refractivity contribution in [2.45, 2.75) is 38.3 Å². The van der Waals surface area contributed by atoms with Crippen LogP contribution in [-0.4, -0.2) is 35.7 Å². The van der Waals surface area contributed by atoms with E-state index in [9.17, 15) is 14.4 Å². The van der Waals surface area contributed by atoms with Gasteiger partial charge in [-0.3, -0.25) is 4.79 Å². The number of ether oxygens (including phenoxy) is 1. The van der Waals surface area contributed by atoms with E-state index in [0.717, 1.165) is 22.3 Å². The SMILES string of the molecule is CCC(CC(=O)NCc1cccc(C(=O)O)c1)NC(=O)OCC1c2ccccc2-c2ccccc21. The molecule has 0 heterocycles.